The minimum Gasteiger partial charge on any atom is -0.352 e. The van der Waals surface area contributed by atoms with Crippen LogP contribution < -0.4 is 10.2 Å². The second kappa shape index (κ2) is 8.57. The van der Waals surface area contributed by atoms with Crippen molar-refractivity contribution in [1.82, 2.24) is 14.9 Å². The van der Waals surface area contributed by atoms with E-state index in [-0.39, 0.29) is 6.03 Å². The molecule has 1 N–H and O–H groups in total. The molecule has 0 spiro atoms. The Morgan fingerprint density at radius 2 is 1.75 bits per heavy atom. The number of nitrogens with one attached hydrogen (secondary N) is 1. The van der Waals surface area contributed by atoms with Crippen molar-refractivity contribution in [2.45, 2.75) is 33.4 Å². The highest BCUT2D eigenvalue weighted by Crippen LogP contribution is 2.35. The van der Waals surface area contributed by atoms with E-state index in [0.29, 0.717) is 31.9 Å². The highest BCUT2D eigenvalue weighted by Gasteiger charge is 2.30. The zero-order valence-electron chi connectivity index (χ0n) is 18.1. The Balaban J connectivity index is 1.45. The van der Waals surface area contributed by atoms with Gasteiger partial charge >= 0.3 is 12.2 Å². The maximum absolute atomic E-state index is 12.7. The van der Waals surface area contributed by atoms with E-state index in [1.165, 1.54) is 22.6 Å². The van der Waals surface area contributed by atoms with E-state index >= 15 is 0 Å². The van der Waals surface area contributed by atoms with Gasteiger partial charge in [-0.2, -0.15) is 13.2 Å². The van der Waals surface area contributed by atoms with Crippen molar-refractivity contribution in [1.29, 1.82) is 0 Å². The monoisotopic (exact) mass is 463 g/mol. The molecule has 32 heavy (non-hydrogen) atoms. The first-order valence-electron chi connectivity index (χ1n) is 10.4. The number of urea groups is 1. The molecule has 1 aliphatic rings. The molecule has 0 radical (unpaired) electrons. The molecule has 0 bridgehead atoms. The second-order valence-electron chi connectivity index (χ2n) is 7.76. The van der Waals surface area contributed by atoms with E-state index in [2.05, 4.69) is 29.0 Å². The fraction of sp³-hybridized carbons (Fsp3) is 0.409. The van der Waals surface area contributed by atoms with Crippen LogP contribution in [-0.4, -0.2) is 47.1 Å². The second-order valence-corrected chi connectivity index (χ2v) is 8.96. The summed E-state index contributed by atoms with van der Waals surface area (Å²) in [5.74, 6) is 1.72. The van der Waals surface area contributed by atoms with Gasteiger partial charge < -0.3 is 15.1 Å². The van der Waals surface area contributed by atoms with E-state index < -0.39 is 11.7 Å². The summed E-state index contributed by atoms with van der Waals surface area (Å²) >= 11 is 1.67. The first kappa shape index (κ1) is 22.3. The van der Waals surface area contributed by atoms with Gasteiger partial charge in [0.25, 0.3) is 0 Å². The number of hydrogen-bond donors (Lipinski definition) is 1. The molecular weight excluding hydrogens is 439 g/mol. The Bertz CT molecular complexity index is 1140. The van der Waals surface area contributed by atoms with Gasteiger partial charge in [-0.1, -0.05) is 6.92 Å². The van der Waals surface area contributed by atoms with Gasteiger partial charge in [0.2, 0.25) is 0 Å². The molecule has 1 aliphatic heterocycles. The van der Waals surface area contributed by atoms with Gasteiger partial charge in [0.15, 0.2) is 0 Å². The molecule has 3 heterocycles. The first-order chi connectivity index (χ1) is 15.2. The van der Waals surface area contributed by atoms with Crippen LogP contribution in [0, 0.1) is 13.8 Å². The summed E-state index contributed by atoms with van der Waals surface area (Å²) in [6.07, 6.45) is -3.66. The highest BCUT2D eigenvalue weighted by molar-refractivity contribution is 7.18. The number of anilines is 2. The van der Waals surface area contributed by atoms with Crippen LogP contribution in [0.2, 0.25) is 0 Å². The van der Waals surface area contributed by atoms with Gasteiger partial charge in [0, 0.05) is 43.2 Å². The number of hydrogen-bond acceptors (Lipinski definition) is 5. The van der Waals surface area contributed by atoms with Crippen LogP contribution in [0.5, 0.6) is 0 Å². The number of halogens is 3. The lowest BCUT2D eigenvalue weighted by Crippen LogP contribution is -2.50. The molecule has 2 aromatic heterocycles. The number of benzene rings is 1. The Morgan fingerprint density at radius 1 is 1.09 bits per heavy atom. The molecule has 3 aromatic rings. The normalized spacial score (nSPS) is 14.8. The van der Waals surface area contributed by atoms with Crippen molar-refractivity contribution < 1.29 is 18.0 Å². The van der Waals surface area contributed by atoms with Crippen molar-refractivity contribution in [2.75, 3.05) is 36.4 Å². The average Bonchev–Trinajstić information content (AvgIpc) is 3.06. The predicted octanol–water partition coefficient (Wildman–Crippen LogP) is 5.24. The number of aryl methyl sites for hydroxylation is 3. The Morgan fingerprint density at radius 3 is 2.34 bits per heavy atom. The summed E-state index contributed by atoms with van der Waals surface area (Å²) in [5.41, 5.74) is 0.774. The van der Waals surface area contributed by atoms with E-state index in [9.17, 15) is 18.0 Å². The van der Waals surface area contributed by atoms with Crippen LogP contribution in [0.1, 0.15) is 28.8 Å². The van der Waals surface area contributed by atoms with E-state index in [4.69, 9.17) is 4.98 Å². The third-order valence-electron chi connectivity index (χ3n) is 5.70. The zero-order valence-corrected chi connectivity index (χ0v) is 18.9. The lowest BCUT2D eigenvalue weighted by atomic mass is 10.2. The molecule has 2 amide bonds. The van der Waals surface area contributed by atoms with Crippen molar-refractivity contribution in [3.8, 4) is 0 Å². The highest BCUT2D eigenvalue weighted by atomic mass is 32.1. The van der Waals surface area contributed by atoms with Gasteiger partial charge in [-0.15, -0.1) is 11.3 Å². The summed E-state index contributed by atoms with van der Waals surface area (Å²) < 4.78 is 38.1. The van der Waals surface area contributed by atoms with Crippen LogP contribution in [-0.2, 0) is 12.6 Å². The topological polar surface area (TPSA) is 61.4 Å². The molecule has 1 fully saturated rings. The molecular formula is C22H24F3N5OS. The van der Waals surface area contributed by atoms with Crippen molar-refractivity contribution in [3.63, 3.8) is 0 Å². The fourth-order valence-electron chi connectivity index (χ4n) is 3.72. The molecule has 4 rings (SSSR count). The summed E-state index contributed by atoms with van der Waals surface area (Å²) in [6.45, 7) is 8.40. The van der Waals surface area contributed by atoms with Crippen LogP contribution in [0.15, 0.2) is 24.3 Å². The van der Waals surface area contributed by atoms with Crippen LogP contribution in [0.4, 0.5) is 29.5 Å². The standard InChI is InChI=1S/C22H24F3N5OS/c1-4-17-27-19(18-13(2)14(3)32-20(18)28-17)29-9-11-30(12-10-29)21(31)26-16-7-5-15(6-8-16)22(23,24)25/h5-8H,4,9-12H2,1-3H3,(H,26,31). The van der Waals surface area contributed by atoms with Crippen LogP contribution in [0.3, 0.4) is 0 Å². The SMILES string of the molecule is CCc1nc(N2CCN(C(=O)Nc3ccc(C(F)(F)F)cc3)CC2)c2c(C)c(C)sc2n1. The fourth-order valence-corrected chi connectivity index (χ4v) is 4.77. The third kappa shape index (κ3) is 4.36. The summed E-state index contributed by atoms with van der Waals surface area (Å²) in [7, 11) is 0. The number of rotatable bonds is 3. The van der Waals surface area contributed by atoms with E-state index in [1.807, 2.05) is 6.92 Å². The molecule has 6 nitrogen and oxygen atoms in total. The minimum absolute atomic E-state index is 0.325. The number of thiophene rings is 1. The van der Waals surface area contributed by atoms with Crippen LogP contribution >= 0.6 is 11.3 Å². The Labute approximate surface area is 188 Å². The van der Waals surface area contributed by atoms with E-state index in [0.717, 1.165) is 40.4 Å². The van der Waals surface area contributed by atoms with Crippen molar-refractivity contribution in [3.05, 3.63) is 46.1 Å². The predicted molar refractivity (Wildman–Crippen MR) is 121 cm³/mol. The Kier molecular flexibility index (Phi) is 5.98. The number of amides is 2. The molecule has 1 aromatic carbocycles. The summed E-state index contributed by atoms with van der Waals surface area (Å²) in [6, 6.07) is 4.13. The maximum Gasteiger partial charge on any atom is 0.416 e. The summed E-state index contributed by atoms with van der Waals surface area (Å²) in [4.78, 5) is 28.1. The smallest absolute Gasteiger partial charge is 0.352 e. The van der Waals surface area contributed by atoms with Gasteiger partial charge in [0.05, 0.1) is 10.9 Å². The molecule has 1 saturated heterocycles. The minimum atomic E-state index is -4.40. The quantitative estimate of drug-likeness (QED) is 0.577. The van der Waals surface area contributed by atoms with Gasteiger partial charge in [-0.05, 0) is 43.7 Å². The van der Waals surface area contributed by atoms with E-state index in [1.54, 1.807) is 16.2 Å². The number of fused-ring (bicyclic) bond motifs is 1. The average molecular weight is 464 g/mol. The number of carbonyl (C=O) groups excluding carboxylic acids is 1. The van der Waals surface area contributed by atoms with Gasteiger partial charge in [-0.25, -0.2) is 14.8 Å². The van der Waals surface area contributed by atoms with Crippen molar-refractivity contribution >= 4 is 39.1 Å². The molecule has 10 heteroatoms. The van der Waals surface area contributed by atoms with Crippen LogP contribution in [0.25, 0.3) is 10.2 Å². The lowest BCUT2D eigenvalue weighted by molar-refractivity contribution is -0.137. The zero-order chi connectivity index (χ0) is 23.0. The lowest BCUT2D eigenvalue weighted by Gasteiger charge is -2.35. The Hall–Kier alpha value is -2.88. The molecule has 0 saturated carbocycles. The number of nitrogens with zero attached hydrogens (tertiary/aromatic N) is 4. The summed E-state index contributed by atoms with van der Waals surface area (Å²) in [5, 5.41) is 3.76. The van der Waals surface area contributed by atoms with Gasteiger partial charge in [0.1, 0.15) is 16.5 Å². The maximum atomic E-state index is 12.7. The third-order valence-corrected chi connectivity index (χ3v) is 6.80. The molecule has 0 unspecified atom stereocenters. The number of carbonyl (C=O) groups is 1. The molecule has 0 atom stereocenters. The number of aromatic nitrogens is 2. The van der Waals surface area contributed by atoms with Crippen molar-refractivity contribution in [2.24, 2.45) is 0 Å². The van der Waals surface area contributed by atoms with Gasteiger partial charge in [-0.3, -0.25) is 0 Å². The largest absolute Gasteiger partial charge is 0.416 e. The number of piperazine rings is 1. The molecule has 170 valence electrons. The first-order valence-corrected chi connectivity index (χ1v) is 11.2. The molecule has 0 aliphatic carbocycles. The number of alkyl halides is 3.